The molecule has 0 aliphatic heterocycles. The monoisotopic (exact) mass is 233 g/mol. The highest BCUT2D eigenvalue weighted by atomic mass is 32.1. The van der Waals surface area contributed by atoms with E-state index in [1.165, 1.54) is 12.8 Å². The van der Waals surface area contributed by atoms with E-state index in [2.05, 4.69) is 26.5 Å². The van der Waals surface area contributed by atoms with Gasteiger partial charge in [0.25, 0.3) is 0 Å². The Hall–Kier alpha value is -0.220. The van der Waals surface area contributed by atoms with Crippen LogP contribution in [0.3, 0.4) is 0 Å². The van der Waals surface area contributed by atoms with E-state index >= 15 is 0 Å². The highest BCUT2D eigenvalue weighted by Gasteiger charge is 2.15. The summed E-state index contributed by atoms with van der Waals surface area (Å²) in [5, 5.41) is 0. The van der Waals surface area contributed by atoms with Gasteiger partial charge in [-0.2, -0.15) is 12.6 Å². The zero-order chi connectivity index (χ0) is 11.7. The molecule has 0 heterocycles. The van der Waals surface area contributed by atoms with Crippen LogP contribution in [-0.2, 0) is 9.53 Å². The molecular formula is C11H23NO2S. The minimum Gasteiger partial charge on any atom is -0.464 e. The van der Waals surface area contributed by atoms with Gasteiger partial charge in [0, 0.05) is 5.75 Å². The minimum atomic E-state index is -0.586. The molecule has 0 aliphatic carbocycles. The van der Waals surface area contributed by atoms with Crippen LogP contribution >= 0.6 is 12.6 Å². The van der Waals surface area contributed by atoms with Gasteiger partial charge >= 0.3 is 5.97 Å². The van der Waals surface area contributed by atoms with Gasteiger partial charge in [0.15, 0.2) is 0 Å². The summed E-state index contributed by atoms with van der Waals surface area (Å²) >= 11 is 3.95. The van der Waals surface area contributed by atoms with Crippen LogP contribution in [0, 0.1) is 5.92 Å². The maximum atomic E-state index is 11.3. The minimum absolute atomic E-state index is 0.333. The first kappa shape index (κ1) is 14.8. The van der Waals surface area contributed by atoms with Crippen molar-refractivity contribution in [3.63, 3.8) is 0 Å². The Labute approximate surface area is 98.2 Å². The molecule has 0 aromatic heterocycles. The molecule has 0 radical (unpaired) electrons. The van der Waals surface area contributed by atoms with E-state index in [0.29, 0.717) is 18.3 Å². The summed E-state index contributed by atoms with van der Waals surface area (Å²) in [5.74, 6) is 0.478. The summed E-state index contributed by atoms with van der Waals surface area (Å²) < 4.78 is 5.13. The van der Waals surface area contributed by atoms with Crippen LogP contribution in [0.5, 0.6) is 0 Å². The van der Waals surface area contributed by atoms with E-state index in [9.17, 15) is 4.79 Å². The molecule has 0 fully saturated rings. The second-order valence-electron chi connectivity index (χ2n) is 3.84. The number of ether oxygens (including phenoxy) is 1. The van der Waals surface area contributed by atoms with E-state index in [1.807, 2.05) is 0 Å². The first-order valence-corrected chi connectivity index (χ1v) is 6.31. The summed E-state index contributed by atoms with van der Waals surface area (Å²) in [6.07, 6.45) is 4.54. The Morgan fingerprint density at radius 3 is 2.60 bits per heavy atom. The maximum absolute atomic E-state index is 11.3. The van der Waals surface area contributed by atoms with Gasteiger partial charge in [-0.1, -0.05) is 33.1 Å². The lowest BCUT2D eigenvalue weighted by Crippen LogP contribution is -2.34. The molecule has 0 saturated carbocycles. The molecule has 0 spiro atoms. The zero-order valence-corrected chi connectivity index (χ0v) is 10.6. The van der Waals surface area contributed by atoms with Crippen molar-refractivity contribution in [3.8, 4) is 0 Å². The highest BCUT2D eigenvalue weighted by Crippen LogP contribution is 2.13. The zero-order valence-electron chi connectivity index (χ0n) is 9.74. The number of hydrogen-bond donors (Lipinski definition) is 2. The molecule has 0 aromatic carbocycles. The van der Waals surface area contributed by atoms with E-state index < -0.39 is 6.04 Å². The summed E-state index contributed by atoms with van der Waals surface area (Å²) in [6.45, 7) is 4.78. The maximum Gasteiger partial charge on any atom is 0.323 e. The fourth-order valence-corrected chi connectivity index (χ4v) is 1.43. The molecular weight excluding hydrogens is 210 g/mol. The molecule has 3 nitrogen and oxygen atoms in total. The number of carbonyl (C=O) groups is 1. The van der Waals surface area contributed by atoms with Crippen LogP contribution in [0.25, 0.3) is 0 Å². The third-order valence-electron chi connectivity index (χ3n) is 2.50. The Morgan fingerprint density at radius 2 is 2.13 bits per heavy atom. The summed E-state index contributed by atoms with van der Waals surface area (Å²) in [4.78, 5) is 11.3. The first-order valence-electron chi connectivity index (χ1n) is 5.68. The van der Waals surface area contributed by atoms with Crippen molar-refractivity contribution in [2.45, 2.75) is 45.6 Å². The Kier molecular flexibility index (Phi) is 8.91. The van der Waals surface area contributed by atoms with Crippen LogP contribution in [0.4, 0.5) is 0 Å². The lowest BCUT2D eigenvalue weighted by atomic mass is 10.0. The van der Waals surface area contributed by atoms with Crippen LogP contribution in [-0.4, -0.2) is 24.4 Å². The molecule has 0 bridgehead atoms. The Bertz CT molecular complexity index is 176. The topological polar surface area (TPSA) is 52.3 Å². The van der Waals surface area contributed by atoms with Crippen molar-refractivity contribution in [1.29, 1.82) is 0 Å². The fraction of sp³-hybridized carbons (Fsp3) is 0.909. The molecule has 90 valence electrons. The van der Waals surface area contributed by atoms with Gasteiger partial charge in [-0.15, -0.1) is 0 Å². The smallest absolute Gasteiger partial charge is 0.323 e. The van der Waals surface area contributed by atoms with Gasteiger partial charge in [0.05, 0.1) is 6.61 Å². The van der Waals surface area contributed by atoms with Crippen molar-refractivity contribution < 1.29 is 9.53 Å². The van der Waals surface area contributed by atoms with Gasteiger partial charge in [-0.3, -0.25) is 4.79 Å². The number of nitrogens with two attached hydrogens (primary N) is 1. The molecule has 0 aromatic rings. The van der Waals surface area contributed by atoms with Gasteiger partial charge in [-0.05, 0) is 12.3 Å². The third-order valence-corrected chi connectivity index (χ3v) is 2.90. The second kappa shape index (κ2) is 9.04. The molecule has 2 N–H and O–H groups in total. The van der Waals surface area contributed by atoms with E-state index in [0.717, 1.165) is 12.8 Å². The molecule has 0 saturated heterocycles. The molecule has 2 unspecified atom stereocenters. The van der Waals surface area contributed by atoms with E-state index in [1.54, 1.807) is 0 Å². The molecule has 0 aliphatic rings. The van der Waals surface area contributed by atoms with Crippen molar-refractivity contribution in [2.24, 2.45) is 11.7 Å². The summed E-state index contributed by atoms with van der Waals surface area (Å²) in [5.41, 5.74) is 5.49. The van der Waals surface area contributed by atoms with E-state index in [-0.39, 0.29) is 5.97 Å². The van der Waals surface area contributed by atoms with Crippen LogP contribution in [0.15, 0.2) is 0 Å². The van der Waals surface area contributed by atoms with Gasteiger partial charge in [0.2, 0.25) is 0 Å². The lowest BCUT2D eigenvalue weighted by Gasteiger charge is -2.16. The SMILES string of the molecule is CCCCC(CC)COC(=O)C(N)CS. The van der Waals surface area contributed by atoms with Gasteiger partial charge in [0.1, 0.15) is 6.04 Å². The Balaban J connectivity index is 3.74. The second-order valence-corrected chi connectivity index (χ2v) is 4.20. The highest BCUT2D eigenvalue weighted by molar-refractivity contribution is 7.80. The predicted molar refractivity (Wildman–Crippen MR) is 66.1 cm³/mol. The fourth-order valence-electron chi connectivity index (χ4n) is 1.28. The third kappa shape index (κ3) is 6.79. The van der Waals surface area contributed by atoms with Crippen molar-refractivity contribution >= 4 is 18.6 Å². The van der Waals surface area contributed by atoms with Crippen molar-refractivity contribution in [3.05, 3.63) is 0 Å². The van der Waals surface area contributed by atoms with Crippen molar-refractivity contribution in [1.82, 2.24) is 0 Å². The van der Waals surface area contributed by atoms with Crippen LogP contribution in [0.2, 0.25) is 0 Å². The number of carbonyl (C=O) groups excluding carboxylic acids is 1. The van der Waals surface area contributed by atoms with Gasteiger partial charge < -0.3 is 10.5 Å². The average Bonchev–Trinajstić information content (AvgIpc) is 2.27. The summed E-state index contributed by atoms with van der Waals surface area (Å²) in [6, 6.07) is -0.586. The normalized spacial score (nSPS) is 14.7. The molecule has 4 heteroatoms. The van der Waals surface area contributed by atoms with Crippen LogP contribution < -0.4 is 5.73 Å². The molecule has 0 rings (SSSR count). The Morgan fingerprint density at radius 1 is 1.47 bits per heavy atom. The number of esters is 1. The quantitative estimate of drug-likeness (QED) is 0.498. The number of unbranched alkanes of at least 4 members (excludes halogenated alkanes) is 1. The lowest BCUT2D eigenvalue weighted by molar-refractivity contribution is -0.146. The molecule has 2 atom stereocenters. The van der Waals surface area contributed by atoms with Gasteiger partial charge in [-0.25, -0.2) is 0 Å². The molecule has 15 heavy (non-hydrogen) atoms. The van der Waals surface area contributed by atoms with Crippen LogP contribution in [0.1, 0.15) is 39.5 Å². The standard InChI is InChI=1S/C11H23NO2S/c1-3-5-6-9(4-2)7-14-11(13)10(12)8-15/h9-10,15H,3-8,12H2,1-2H3. The first-order chi connectivity index (χ1) is 7.15. The largest absolute Gasteiger partial charge is 0.464 e. The molecule has 0 amide bonds. The van der Waals surface area contributed by atoms with E-state index in [4.69, 9.17) is 10.5 Å². The number of rotatable bonds is 8. The number of hydrogen-bond acceptors (Lipinski definition) is 4. The predicted octanol–water partition coefficient (Wildman–Crippen LogP) is 2.00. The average molecular weight is 233 g/mol. The number of thiol groups is 1. The van der Waals surface area contributed by atoms with Crippen molar-refractivity contribution in [2.75, 3.05) is 12.4 Å². The summed E-state index contributed by atoms with van der Waals surface area (Å²) in [7, 11) is 0.